The Labute approximate surface area is 134 Å². The van der Waals surface area contributed by atoms with Crippen molar-refractivity contribution in [3.8, 4) is 11.8 Å². The topological polar surface area (TPSA) is 59.0 Å². The van der Waals surface area contributed by atoms with E-state index in [1.54, 1.807) is 18.2 Å². The fourth-order valence-corrected chi connectivity index (χ4v) is 2.62. The van der Waals surface area contributed by atoms with Crippen LogP contribution in [-0.2, 0) is 6.61 Å². The fourth-order valence-electron chi connectivity index (χ4n) is 1.64. The highest BCUT2D eigenvalue weighted by atomic mass is 127. The summed E-state index contributed by atoms with van der Waals surface area (Å²) in [6.45, 7) is 0.0999. The zero-order valence-electron chi connectivity index (χ0n) is 10.2. The molecule has 20 heavy (non-hydrogen) atoms. The quantitative estimate of drug-likeness (QED) is 0.621. The number of rotatable bonds is 3. The summed E-state index contributed by atoms with van der Waals surface area (Å²) in [5.74, 6) is -0.0276. The minimum Gasteiger partial charge on any atom is -0.486 e. The van der Waals surface area contributed by atoms with Crippen LogP contribution in [0.1, 0.15) is 11.1 Å². The van der Waals surface area contributed by atoms with E-state index in [2.05, 4.69) is 0 Å². The van der Waals surface area contributed by atoms with Gasteiger partial charge in [-0.25, -0.2) is 4.39 Å². The van der Waals surface area contributed by atoms with Crippen LogP contribution < -0.4 is 10.5 Å². The Kier molecular flexibility index (Phi) is 4.68. The third-order valence-corrected chi connectivity index (χ3v) is 3.83. The maximum absolute atomic E-state index is 13.3. The van der Waals surface area contributed by atoms with Crippen LogP contribution in [0.3, 0.4) is 0 Å². The van der Waals surface area contributed by atoms with Gasteiger partial charge in [0.2, 0.25) is 0 Å². The van der Waals surface area contributed by atoms with Crippen LogP contribution in [0.4, 0.5) is 10.1 Å². The second-order valence-electron chi connectivity index (χ2n) is 3.99. The molecule has 0 aliphatic carbocycles. The Hall–Kier alpha value is -1.52. The summed E-state index contributed by atoms with van der Waals surface area (Å²) in [7, 11) is 0. The van der Waals surface area contributed by atoms with Gasteiger partial charge in [0.05, 0.1) is 25.9 Å². The van der Waals surface area contributed by atoms with E-state index in [-0.39, 0.29) is 11.6 Å². The Balaban J connectivity index is 2.24. The van der Waals surface area contributed by atoms with Gasteiger partial charge in [-0.1, -0.05) is 23.7 Å². The van der Waals surface area contributed by atoms with E-state index >= 15 is 0 Å². The van der Waals surface area contributed by atoms with E-state index in [0.717, 1.165) is 0 Å². The molecule has 0 amide bonds. The van der Waals surface area contributed by atoms with Crippen molar-refractivity contribution in [2.45, 2.75) is 6.61 Å². The molecule has 0 unspecified atom stereocenters. The molecular weight excluding hydrogens is 394 g/mol. The summed E-state index contributed by atoms with van der Waals surface area (Å²) in [5.41, 5.74) is 7.20. The third-order valence-electron chi connectivity index (χ3n) is 2.61. The summed E-state index contributed by atoms with van der Waals surface area (Å²) < 4.78 is 19.6. The van der Waals surface area contributed by atoms with Crippen LogP contribution in [-0.4, -0.2) is 0 Å². The molecule has 0 fully saturated rings. The molecule has 2 N–H and O–H groups in total. The molecular formula is C14H9ClFIN2O. The number of nitrogens with zero attached hydrogens (tertiary/aromatic N) is 1. The summed E-state index contributed by atoms with van der Waals surface area (Å²) in [5, 5.41) is 8.88. The summed E-state index contributed by atoms with van der Waals surface area (Å²) in [6, 6.07) is 9.74. The first-order valence-corrected chi connectivity index (χ1v) is 7.03. The van der Waals surface area contributed by atoms with Crippen molar-refractivity contribution in [1.29, 1.82) is 5.26 Å². The lowest BCUT2D eigenvalue weighted by molar-refractivity contribution is 0.305. The summed E-state index contributed by atoms with van der Waals surface area (Å²) >= 11 is 7.89. The fraction of sp³-hybridized carbons (Fsp3) is 0.0714. The zero-order chi connectivity index (χ0) is 14.7. The number of nitriles is 1. The van der Waals surface area contributed by atoms with Gasteiger partial charge in [-0.3, -0.25) is 0 Å². The summed E-state index contributed by atoms with van der Waals surface area (Å²) in [4.78, 5) is 0. The van der Waals surface area contributed by atoms with Gasteiger partial charge in [-0.05, 0) is 40.8 Å². The Morgan fingerprint density at radius 2 is 2.15 bits per heavy atom. The van der Waals surface area contributed by atoms with Crippen molar-refractivity contribution in [2.75, 3.05) is 5.73 Å². The molecule has 2 aromatic carbocycles. The number of nitrogens with two attached hydrogens (primary N) is 1. The molecule has 2 rings (SSSR count). The lowest BCUT2D eigenvalue weighted by atomic mass is 10.2. The van der Waals surface area contributed by atoms with E-state index in [1.165, 1.54) is 12.1 Å². The average Bonchev–Trinajstić information content (AvgIpc) is 2.42. The van der Waals surface area contributed by atoms with Crippen LogP contribution in [0.2, 0.25) is 5.02 Å². The molecule has 2 aromatic rings. The van der Waals surface area contributed by atoms with Crippen molar-refractivity contribution in [2.24, 2.45) is 0 Å². The highest BCUT2D eigenvalue weighted by molar-refractivity contribution is 14.1. The molecule has 3 nitrogen and oxygen atoms in total. The molecule has 102 valence electrons. The molecule has 0 radical (unpaired) electrons. The van der Waals surface area contributed by atoms with E-state index < -0.39 is 5.82 Å². The highest BCUT2D eigenvalue weighted by Gasteiger charge is 2.11. The smallest absolute Gasteiger partial charge is 0.156 e. The third kappa shape index (κ3) is 3.14. The minimum absolute atomic E-state index is 0.0368. The second-order valence-corrected chi connectivity index (χ2v) is 5.53. The molecule has 0 atom stereocenters. The minimum atomic E-state index is -0.490. The normalized spacial score (nSPS) is 10.1. The van der Waals surface area contributed by atoms with Crippen LogP contribution in [0.25, 0.3) is 0 Å². The Morgan fingerprint density at radius 1 is 1.40 bits per heavy atom. The standard InChI is InChI=1S/C14H9ClFIN2O/c15-13-9(2-1-3-10(13)16)7-20-14-11(17)4-8(6-18)5-12(14)19/h1-5H,7,19H2. The van der Waals surface area contributed by atoms with Crippen molar-refractivity contribution >= 4 is 39.9 Å². The zero-order valence-corrected chi connectivity index (χ0v) is 13.1. The van der Waals surface area contributed by atoms with Gasteiger partial charge >= 0.3 is 0 Å². The number of hydrogen-bond acceptors (Lipinski definition) is 3. The molecule has 0 aromatic heterocycles. The van der Waals surface area contributed by atoms with Crippen molar-refractivity contribution < 1.29 is 9.13 Å². The number of halogens is 3. The average molecular weight is 403 g/mol. The molecule has 0 bridgehead atoms. The maximum atomic E-state index is 13.3. The predicted molar refractivity (Wildman–Crippen MR) is 84.0 cm³/mol. The Bertz CT molecular complexity index is 677. The van der Waals surface area contributed by atoms with Gasteiger partial charge < -0.3 is 10.5 Å². The van der Waals surface area contributed by atoms with Crippen molar-refractivity contribution in [3.63, 3.8) is 0 Å². The molecule has 0 saturated heterocycles. The van der Waals surface area contributed by atoms with Crippen LogP contribution in [0.5, 0.6) is 5.75 Å². The van der Waals surface area contributed by atoms with Gasteiger partial charge in [0.25, 0.3) is 0 Å². The first-order valence-electron chi connectivity index (χ1n) is 5.57. The second kappa shape index (κ2) is 6.29. The maximum Gasteiger partial charge on any atom is 0.156 e. The Morgan fingerprint density at radius 3 is 2.80 bits per heavy atom. The van der Waals surface area contributed by atoms with Crippen LogP contribution in [0, 0.1) is 20.7 Å². The highest BCUT2D eigenvalue weighted by Crippen LogP contribution is 2.31. The van der Waals surface area contributed by atoms with Gasteiger partial charge in [0.15, 0.2) is 5.75 Å². The molecule has 0 aliphatic rings. The monoisotopic (exact) mass is 402 g/mol. The van der Waals surface area contributed by atoms with E-state index in [0.29, 0.717) is 26.1 Å². The van der Waals surface area contributed by atoms with Gasteiger partial charge in [-0.15, -0.1) is 0 Å². The lowest BCUT2D eigenvalue weighted by Gasteiger charge is -2.12. The molecule has 0 spiro atoms. The van der Waals surface area contributed by atoms with Gasteiger partial charge in [0, 0.05) is 5.56 Å². The predicted octanol–water partition coefficient (Wildman–Crippen LogP) is 4.12. The molecule has 6 heteroatoms. The van der Waals surface area contributed by atoms with E-state index in [9.17, 15) is 4.39 Å². The first-order chi connectivity index (χ1) is 9.52. The summed E-state index contributed by atoms with van der Waals surface area (Å²) in [6.07, 6.45) is 0. The largest absolute Gasteiger partial charge is 0.486 e. The van der Waals surface area contributed by atoms with Crippen LogP contribution in [0.15, 0.2) is 30.3 Å². The first kappa shape index (κ1) is 14.9. The van der Waals surface area contributed by atoms with Gasteiger partial charge in [0.1, 0.15) is 12.4 Å². The van der Waals surface area contributed by atoms with E-state index in [4.69, 9.17) is 27.3 Å². The number of nitrogen functional groups attached to an aromatic ring is 1. The number of anilines is 1. The lowest BCUT2D eigenvalue weighted by Crippen LogP contribution is -2.02. The van der Waals surface area contributed by atoms with Crippen LogP contribution >= 0.6 is 34.2 Å². The number of hydrogen-bond donors (Lipinski definition) is 1. The number of benzene rings is 2. The SMILES string of the molecule is N#Cc1cc(N)c(OCc2cccc(F)c2Cl)c(I)c1. The van der Waals surface area contributed by atoms with Crippen molar-refractivity contribution in [1.82, 2.24) is 0 Å². The van der Waals surface area contributed by atoms with E-state index in [1.807, 2.05) is 28.7 Å². The number of ether oxygens (including phenoxy) is 1. The molecule has 0 heterocycles. The molecule has 0 saturated carbocycles. The van der Waals surface area contributed by atoms with Gasteiger partial charge in [-0.2, -0.15) is 5.26 Å². The molecule has 0 aliphatic heterocycles. The van der Waals surface area contributed by atoms with Crippen molar-refractivity contribution in [3.05, 3.63) is 55.9 Å².